The van der Waals surface area contributed by atoms with Crippen molar-refractivity contribution in [2.24, 2.45) is 0 Å². The van der Waals surface area contributed by atoms with E-state index in [2.05, 4.69) is 44.7 Å². The fourth-order valence-corrected chi connectivity index (χ4v) is 2.87. The first-order valence-corrected chi connectivity index (χ1v) is 11.5. The Hall–Kier alpha value is -1.20. The Labute approximate surface area is 163 Å². The van der Waals surface area contributed by atoms with Crippen molar-refractivity contribution in [3.63, 3.8) is 0 Å². The summed E-state index contributed by atoms with van der Waals surface area (Å²) in [4.78, 5) is 7.50. The molecule has 0 bridgehead atoms. The summed E-state index contributed by atoms with van der Waals surface area (Å²) in [5.41, 5.74) is -1.08. The molecule has 0 saturated carbocycles. The highest BCUT2D eigenvalue weighted by molar-refractivity contribution is 9.10. The molecule has 4 nitrogen and oxygen atoms in total. The third-order valence-electron chi connectivity index (χ3n) is 3.51. The van der Waals surface area contributed by atoms with Crippen molar-refractivity contribution in [2.75, 3.05) is 31.1 Å². The minimum Gasteiger partial charge on any atom is -0.360 e. The van der Waals surface area contributed by atoms with Crippen LogP contribution in [0.5, 0.6) is 0 Å². The summed E-state index contributed by atoms with van der Waals surface area (Å²) in [6.07, 6.45) is 2.54. The molecule has 0 radical (unpaired) electrons. The van der Waals surface area contributed by atoms with E-state index >= 15 is 0 Å². The molecule has 0 N–H and O–H groups in total. The van der Waals surface area contributed by atoms with Crippen molar-refractivity contribution >= 4 is 26.0 Å². The van der Waals surface area contributed by atoms with Crippen molar-refractivity contribution < 1.29 is 26.7 Å². The monoisotopic (exact) mass is 475 g/mol. The van der Waals surface area contributed by atoms with Gasteiger partial charge in [-0.1, -0.05) is 0 Å². The summed E-state index contributed by atoms with van der Waals surface area (Å²) in [7, 11) is -0.817. The number of rotatable bonds is 7. The van der Waals surface area contributed by atoms with Crippen LogP contribution in [0.15, 0.2) is 29.1 Å². The summed E-state index contributed by atoms with van der Waals surface area (Å²) in [6, 6.07) is 3.06. The van der Waals surface area contributed by atoms with Gasteiger partial charge in [0, 0.05) is 23.7 Å². The number of halogens is 6. The molecule has 0 aliphatic rings. The third-order valence-corrected chi connectivity index (χ3v) is 5.37. The van der Waals surface area contributed by atoms with Crippen LogP contribution in [0.2, 0.25) is 0 Å². The highest BCUT2D eigenvalue weighted by Gasteiger charge is 2.60. The fraction of sp³-hybridized carbons (Fsp3) is 0.500. The molecule has 152 valence electrons. The van der Waals surface area contributed by atoms with Crippen LogP contribution >= 0.6 is 26.0 Å². The maximum Gasteiger partial charge on any atom is 0.459 e. The lowest BCUT2D eigenvalue weighted by Gasteiger charge is -2.24. The van der Waals surface area contributed by atoms with Crippen molar-refractivity contribution in [3.05, 3.63) is 34.8 Å². The minimum absolute atomic E-state index is 0.0722. The second-order valence-corrected chi connectivity index (χ2v) is 12.1. The van der Waals surface area contributed by atoms with E-state index in [1.54, 1.807) is 6.07 Å². The fourth-order valence-electron chi connectivity index (χ4n) is 2.02. The Morgan fingerprint density at radius 2 is 1.81 bits per heavy atom. The molecule has 27 heavy (non-hydrogen) atoms. The zero-order valence-corrected chi connectivity index (χ0v) is 17.3. The maximum absolute atomic E-state index is 13.7. The van der Waals surface area contributed by atoms with Gasteiger partial charge in [0.1, 0.15) is 22.9 Å². The molecule has 2 aromatic heterocycles. The van der Waals surface area contributed by atoms with Crippen molar-refractivity contribution in [3.8, 4) is 11.4 Å². The molecular weight excluding hydrogens is 457 g/mol. The number of nitrogens with zero attached hydrogens (tertiary/aromatic N) is 3. The van der Waals surface area contributed by atoms with Crippen molar-refractivity contribution in [2.45, 2.75) is 18.8 Å². The average molecular weight is 476 g/mol. The first-order valence-electron chi connectivity index (χ1n) is 7.69. The Bertz CT molecular complexity index is 772. The Morgan fingerprint density at radius 3 is 2.33 bits per heavy atom. The minimum atomic E-state index is -5.74. The quantitative estimate of drug-likeness (QED) is 0.320. The standard InChI is InChI=1S/C16H19BrF5N3OS/c1-27(2,3)7-6-26-10-25-9-12(15(18,19)16(20,21)22)24-14(25)11-4-5-13(17)23-8-11/h4-5,8-9H,6-7,10H2,1-3H3. The zero-order chi connectivity index (χ0) is 20.5. The SMILES string of the molecule is CS(C)(C)CCOCn1cc(C(F)(F)C(F)(F)F)nc1-c1ccc(Br)nc1. The van der Waals surface area contributed by atoms with E-state index in [4.69, 9.17) is 4.74 Å². The van der Waals surface area contributed by atoms with Gasteiger partial charge in [0.2, 0.25) is 0 Å². The maximum atomic E-state index is 13.7. The molecule has 0 aliphatic heterocycles. The molecule has 0 aliphatic carbocycles. The molecule has 0 spiro atoms. The van der Waals surface area contributed by atoms with Crippen LogP contribution in [0.4, 0.5) is 22.0 Å². The van der Waals surface area contributed by atoms with Gasteiger partial charge in [0.05, 0.1) is 6.61 Å². The Balaban J connectivity index is 2.33. The van der Waals surface area contributed by atoms with Crippen LogP contribution in [-0.2, 0) is 17.4 Å². The van der Waals surface area contributed by atoms with Gasteiger partial charge in [-0.05, 0) is 46.8 Å². The smallest absolute Gasteiger partial charge is 0.360 e. The van der Waals surface area contributed by atoms with Crippen LogP contribution < -0.4 is 0 Å². The molecular formula is C16H19BrF5N3OS. The number of pyridine rings is 1. The normalized spacial score (nSPS) is 13.8. The van der Waals surface area contributed by atoms with Crippen LogP contribution in [0.1, 0.15) is 5.69 Å². The summed E-state index contributed by atoms with van der Waals surface area (Å²) < 4.78 is 72.7. The van der Waals surface area contributed by atoms with Crippen molar-refractivity contribution in [1.82, 2.24) is 14.5 Å². The van der Waals surface area contributed by atoms with Gasteiger partial charge in [-0.15, -0.1) is 0 Å². The summed E-state index contributed by atoms with van der Waals surface area (Å²) >= 11 is 3.14. The molecule has 2 heterocycles. The van der Waals surface area contributed by atoms with Gasteiger partial charge in [0.15, 0.2) is 0 Å². The Kier molecular flexibility index (Phi) is 6.58. The number of imidazole rings is 1. The number of aromatic nitrogens is 3. The predicted molar refractivity (Wildman–Crippen MR) is 99.3 cm³/mol. The van der Waals surface area contributed by atoms with E-state index in [1.165, 1.54) is 12.3 Å². The van der Waals surface area contributed by atoms with Crippen molar-refractivity contribution in [1.29, 1.82) is 0 Å². The summed E-state index contributed by atoms with van der Waals surface area (Å²) in [5, 5.41) is 0. The number of alkyl halides is 5. The molecule has 2 aromatic rings. The number of ether oxygens (including phenoxy) is 1. The highest BCUT2D eigenvalue weighted by Crippen LogP contribution is 2.44. The first-order chi connectivity index (χ1) is 12.3. The largest absolute Gasteiger partial charge is 0.459 e. The summed E-state index contributed by atoms with van der Waals surface area (Å²) in [5.74, 6) is -4.36. The second kappa shape index (κ2) is 8.04. The molecule has 0 unspecified atom stereocenters. The lowest BCUT2D eigenvalue weighted by atomic mass is 10.2. The van der Waals surface area contributed by atoms with E-state index in [0.29, 0.717) is 23.0 Å². The molecule has 0 aromatic carbocycles. The third kappa shape index (κ3) is 5.64. The molecule has 0 fully saturated rings. The first kappa shape index (κ1) is 22.1. The van der Waals surface area contributed by atoms with Gasteiger partial charge in [0.25, 0.3) is 0 Å². The van der Waals surface area contributed by atoms with Crippen LogP contribution in [0.3, 0.4) is 0 Å². The van der Waals surface area contributed by atoms with E-state index in [1.807, 2.05) is 0 Å². The average Bonchev–Trinajstić information content (AvgIpc) is 2.95. The second-order valence-electron chi connectivity index (χ2n) is 6.69. The van der Waals surface area contributed by atoms with E-state index in [0.717, 1.165) is 10.3 Å². The topological polar surface area (TPSA) is 39.9 Å². The van der Waals surface area contributed by atoms with Crippen LogP contribution in [0, 0.1) is 0 Å². The Morgan fingerprint density at radius 1 is 1.15 bits per heavy atom. The summed E-state index contributed by atoms with van der Waals surface area (Å²) in [6.45, 7) is 0.169. The molecule has 2 rings (SSSR count). The number of hydrogen-bond donors (Lipinski definition) is 0. The van der Waals surface area contributed by atoms with Gasteiger partial charge in [-0.2, -0.15) is 22.0 Å². The van der Waals surface area contributed by atoms with Crippen LogP contribution in [0.25, 0.3) is 11.4 Å². The predicted octanol–water partition coefficient (Wildman–Crippen LogP) is 5.03. The molecule has 0 amide bonds. The lowest BCUT2D eigenvalue weighted by Crippen LogP contribution is -2.34. The lowest BCUT2D eigenvalue weighted by molar-refractivity contribution is -0.290. The van der Waals surface area contributed by atoms with E-state index in [9.17, 15) is 22.0 Å². The molecule has 11 heteroatoms. The van der Waals surface area contributed by atoms with Gasteiger partial charge < -0.3 is 9.30 Å². The molecule has 0 atom stereocenters. The van der Waals surface area contributed by atoms with E-state index < -0.39 is 27.8 Å². The van der Waals surface area contributed by atoms with Gasteiger partial charge >= 0.3 is 12.1 Å². The van der Waals surface area contributed by atoms with Gasteiger partial charge in [-0.25, -0.2) is 20.0 Å². The van der Waals surface area contributed by atoms with Gasteiger partial charge in [-0.3, -0.25) is 0 Å². The number of hydrogen-bond acceptors (Lipinski definition) is 3. The zero-order valence-electron chi connectivity index (χ0n) is 14.9. The van der Waals surface area contributed by atoms with E-state index in [-0.39, 0.29) is 12.6 Å². The molecule has 0 saturated heterocycles. The highest BCUT2D eigenvalue weighted by atomic mass is 79.9. The van der Waals surface area contributed by atoms with Crippen LogP contribution in [-0.4, -0.2) is 51.8 Å².